The zero-order valence-electron chi connectivity index (χ0n) is 16.7. The van der Waals surface area contributed by atoms with Crippen molar-refractivity contribution in [1.29, 1.82) is 0 Å². The van der Waals surface area contributed by atoms with Crippen molar-refractivity contribution < 1.29 is 0 Å². The second-order valence-corrected chi connectivity index (χ2v) is 8.93. The van der Waals surface area contributed by atoms with Crippen molar-refractivity contribution in [3.05, 3.63) is 48.0 Å². The summed E-state index contributed by atoms with van der Waals surface area (Å²) in [6, 6.07) is 10.5. The minimum Gasteiger partial charge on any atom is -0.337 e. The fourth-order valence-corrected chi connectivity index (χ4v) is 5.88. The molecule has 1 fully saturated rings. The van der Waals surface area contributed by atoms with Gasteiger partial charge in [-0.3, -0.25) is 0 Å². The monoisotopic (exact) mass is 337 g/mol. The van der Waals surface area contributed by atoms with Crippen LogP contribution in [0.15, 0.2) is 36.9 Å². The Bertz CT molecular complexity index is 571. The van der Waals surface area contributed by atoms with Gasteiger partial charge in [0.25, 0.3) is 0 Å². The van der Waals surface area contributed by atoms with Gasteiger partial charge < -0.3 is 4.81 Å². The average Bonchev–Trinajstić information content (AvgIpc) is 3.19. The molecule has 2 aliphatic rings. The van der Waals surface area contributed by atoms with Gasteiger partial charge in [0.2, 0.25) is 6.85 Å². The Balaban J connectivity index is 1.91. The van der Waals surface area contributed by atoms with E-state index in [1.807, 2.05) is 0 Å². The largest absolute Gasteiger partial charge is 0.337 e. The molecule has 1 aromatic rings. The summed E-state index contributed by atoms with van der Waals surface area (Å²) in [5, 5.41) is 0. The number of benzene rings is 1. The second kappa shape index (κ2) is 8.12. The molecule has 25 heavy (non-hydrogen) atoms. The molecule has 1 aromatic carbocycles. The first-order chi connectivity index (χ1) is 12.0. The number of hydrogen-bond donors (Lipinski definition) is 0. The molecule has 1 saturated carbocycles. The SMILES string of the molecule is C=CCC1CCC(B(C2CCc3ccccc32)N(C(C)C)C(C)C)C1. The number of fused-ring (bicyclic) bond motifs is 1. The topological polar surface area (TPSA) is 3.24 Å². The minimum atomic E-state index is 0.608. The molecule has 0 N–H and O–H groups in total. The molecule has 3 unspecified atom stereocenters. The lowest BCUT2D eigenvalue weighted by Gasteiger charge is -2.42. The Kier molecular flexibility index (Phi) is 6.10. The molecule has 3 atom stereocenters. The highest BCUT2D eigenvalue weighted by Gasteiger charge is 2.45. The van der Waals surface area contributed by atoms with E-state index in [4.69, 9.17) is 0 Å². The van der Waals surface area contributed by atoms with E-state index in [9.17, 15) is 0 Å². The molecule has 136 valence electrons. The molecule has 0 bridgehead atoms. The molecule has 0 saturated heterocycles. The summed E-state index contributed by atoms with van der Waals surface area (Å²) in [6.45, 7) is 14.2. The van der Waals surface area contributed by atoms with Crippen LogP contribution in [0.25, 0.3) is 0 Å². The van der Waals surface area contributed by atoms with Crippen LogP contribution in [0.4, 0.5) is 0 Å². The van der Waals surface area contributed by atoms with E-state index in [-0.39, 0.29) is 0 Å². The summed E-state index contributed by atoms with van der Waals surface area (Å²) in [5.41, 5.74) is 3.25. The van der Waals surface area contributed by atoms with Gasteiger partial charge in [-0.25, -0.2) is 0 Å². The number of aryl methyl sites for hydroxylation is 1. The molecule has 0 aliphatic heterocycles. The normalized spacial score (nSPS) is 25.8. The highest BCUT2D eigenvalue weighted by Crippen LogP contribution is 2.47. The Morgan fingerprint density at radius 3 is 2.52 bits per heavy atom. The summed E-state index contributed by atoms with van der Waals surface area (Å²) in [7, 11) is 0. The van der Waals surface area contributed by atoms with Gasteiger partial charge in [0.15, 0.2) is 0 Å². The van der Waals surface area contributed by atoms with Crippen LogP contribution in [-0.2, 0) is 6.42 Å². The highest BCUT2D eigenvalue weighted by molar-refractivity contribution is 6.59. The van der Waals surface area contributed by atoms with Gasteiger partial charge in [-0.15, -0.1) is 6.58 Å². The lowest BCUT2D eigenvalue weighted by molar-refractivity contribution is 0.290. The minimum absolute atomic E-state index is 0.608. The summed E-state index contributed by atoms with van der Waals surface area (Å²) >= 11 is 0. The standard InChI is InChI=1S/C23H36BN/c1-6-9-19-12-14-21(16-19)24(25(17(2)3)18(4)5)23-15-13-20-10-7-8-11-22(20)23/h6-8,10-11,17-19,21,23H,1,9,12-16H2,2-5H3. The van der Waals surface area contributed by atoms with Crippen LogP contribution in [0.3, 0.4) is 0 Å². The number of hydrogen-bond acceptors (Lipinski definition) is 1. The summed E-state index contributed by atoms with van der Waals surface area (Å²) < 4.78 is 0. The van der Waals surface area contributed by atoms with Gasteiger partial charge in [-0.05, 0) is 60.0 Å². The Morgan fingerprint density at radius 2 is 1.84 bits per heavy atom. The van der Waals surface area contributed by atoms with E-state index in [1.54, 1.807) is 11.1 Å². The summed E-state index contributed by atoms with van der Waals surface area (Å²) in [5.74, 6) is 2.42. The molecule has 0 amide bonds. The Hall–Kier alpha value is -1.02. The van der Waals surface area contributed by atoms with E-state index >= 15 is 0 Å². The van der Waals surface area contributed by atoms with Gasteiger partial charge in [-0.2, -0.15) is 0 Å². The van der Waals surface area contributed by atoms with E-state index in [2.05, 4.69) is 69.4 Å². The first kappa shape index (κ1) is 18.8. The van der Waals surface area contributed by atoms with Crippen molar-refractivity contribution in [2.24, 2.45) is 5.92 Å². The van der Waals surface area contributed by atoms with Crippen molar-refractivity contribution in [1.82, 2.24) is 4.81 Å². The molecule has 1 nitrogen and oxygen atoms in total. The zero-order valence-corrected chi connectivity index (χ0v) is 16.7. The molecule has 3 rings (SSSR count). The molecular weight excluding hydrogens is 301 g/mol. The van der Waals surface area contributed by atoms with Crippen LogP contribution >= 0.6 is 0 Å². The smallest absolute Gasteiger partial charge is 0.234 e. The average molecular weight is 337 g/mol. The van der Waals surface area contributed by atoms with Crippen LogP contribution in [0.5, 0.6) is 0 Å². The van der Waals surface area contributed by atoms with Crippen LogP contribution in [0, 0.1) is 5.92 Å². The lowest BCUT2D eigenvalue weighted by atomic mass is 9.39. The van der Waals surface area contributed by atoms with Crippen LogP contribution in [0.1, 0.15) is 76.7 Å². The molecular formula is C23H36BN. The van der Waals surface area contributed by atoms with Gasteiger partial charge >= 0.3 is 0 Å². The first-order valence-electron chi connectivity index (χ1n) is 10.5. The van der Waals surface area contributed by atoms with E-state index in [1.165, 1.54) is 38.5 Å². The van der Waals surface area contributed by atoms with E-state index in [0.717, 1.165) is 11.7 Å². The zero-order chi connectivity index (χ0) is 18.0. The molecule has 0 radical (unpaired) electrons. The van der Waals surface area contributed by atoms with Crippen LogP contribution < -0.4 is 0 Å². The van der Waals surface area contributed by atoms with Crippen molar-refractivity contribution in [3.8, 4) is 0 Å². The van der Waals surface area contributed by atoms with Gasteiger partial charge in [0.1, 0.15) is 0 Å². The lowest BCUT2D eigenvalue weighted by Crippen LogP contribution is -2.53. The van der Waals surface area contributed by atoms with Crippen molar-refractivity contribution in [3.63, 3.8) is 0 Å². The first-order valence-corrected chi connectivity index (χ1v) is 10.5. The van der Waals surface area contributed by atoms with Crippen molar-refractivity contribution >= 4 is 6.85 Å². The number of rotatable bonds is 7. The molecule has 0 aromatic heterocycles. The van der Waals surface area contributed by atoms with Crippen molar-refractivity contribution in [2.45, 2.75) is 89.9 Å². The van der Waals surface area contributed by atoms with Crippen LogP contribution in [-0.4, -0.2) is 23.7 Å². The van der Waals surface area contributed by atoms with E-state index < -0.39 is 0 Å². The third kappa shape index (κ3) is 3.89. The fourth-order valence-electron chi connectivity index (χ4n) is 5.88. The van der Waals surface area contributed by atoms with E-state index in [0.29, 0.717) is 24.7 Å². The third-order valence-corrected chi connectivity index (χ3v) is 6.69. The van der Waals surface area contributed by atoms with Gasteiger partial charge in [0.05, 0.1) is 0 Å². The maximum atomic E-state index is 3.98. The highest BCUT2D eigenvalue weighted by atomic mass is 15.1. The fraction of sp³-hybridized carbons (Fsp3) is 0.652. The summed E-state index contributed by atoms with van der Waals surface area (Å²) in [6.07, 6.45) is 10.1. The quantitative estimate of drug-likeness (QED) is 0.428. The summed E-state index contributed by atoms with van der Waals surface area (Å²) in [4.78, 5) is 2.84. The Morgan fingerprint density at radius 1 is 1.12 bits per heavy atom. The van der Waals surface area contributed by atoms with Gasteiger partial charge in [0, 0.05) is 0 Å². The third-order valence-electron chi connectivity index (χ3n) is 6.69. The van der Waals surface area contributed by atoms with Crippen LogP contribution in [0.2, 0.25) is 5.82 Å². The predicted molar refractivity (Wildman–Crippen MR) is 111 cm³/mol. The number of nitrogens with zero attached hydrogens (tertiary/aromatic N) is 1. The molecule has 0 spiro atoms. The number of allylic oxidation sites excluding steroid dienone is 1. The van der Waals surface area contributed by atoms with Crippen molar-refractivity contribution in [2.75, 3.05) is 0 Å². The maximum absolute atomic E-state index is 3.98. The molecule has 2 aliphatic carbocycles. The van der Waals surface area contributed by atoms with Gasteiger partial charge in [-0.1, -0.05) is 77.3 Å². The predicted octanol–water partition coefficient (Wildman–Crippen LogP) is 6.11. The molecule has 2 heteroatoms. The second-order valence-electron chi connectivity index (χ2n) is 8.93. The maximum Gasteiger partial charge on any atom is 0.234 e. The Labute approximate surface area is 156 Å². The molecule has 0 heterocycles.